The van der Waals surface area contributed by atoms with Crippen molar-refractivity contribution in [1.29, 1.82) is 0 Å². The first kappa shape index (κ1) is 11.4. The highest BCUT2D eigenvalue weighted by atomic mass is 15.2. The van der Waals surface area contributed by atoms with Gasteiger partial charge in [0.2, 0.25) is 0 Å². The van der Waals surface area contributed by atoms with Crippen molar-refractivity contribution in [1.82, 2.24) is 10.2 Å². The van der Waals surface area contributed by atoms with E-state index in [-0.39, 0.29) is 0 Å². The molecule has 1 N–H and O–H groups in total. The lowest BCUT2D eigenvalue weighted by Gasteiger charge is -2.41. The first-order valence-corrected chi connectivity index (χ1v) is 6.55. The average Bonchev–Trinajstić information content (AvgIpc) is 2.67. The molecule has 0 aliphatic carbocycles. The highest BCUT2D eigenvalue weighted by Gasteiger charge is 2.37. The van der Waals surface area contributed by atoms with Gasteiger partial charge in [-0.05, 0) is 44.2 Å². The van der Waals surface area contributed by atoms with E-state index >= 15 is 0 Å². The Balaban J connectivity index is 2.00. The van der Waals surface area contributed by atoms with Crippen LogP contribution in [-0.4, -0.2) is 36.6 Å². The molecule has 0 saturated carbocycles. The molecule has 0 amide bonds. The Labute approximate surface area is 94.4 Å². The van der Waals surface area contributed by atoms with Crippen molar-refractivity contribution in [2.24, 2.45) is 5.41 Å². The molecule has 0 aromatic carbocycles. The summed E-state index contributed by atoms with van der Waals surface area (Å²) in [6.07, 6.45) is 5.57. The fourth-order valence-corrected chi connectivity index (χ4v) is 3.27. The lowest BCUT2D eigenvalue weighted by molar-refractivity contribution is 0.0831. The molecule has 2 nitrogen and oxygen atoms in total. The number of piperidine rings is 1. The third-order valence-electron chi connectivity index (χ3n) is 4.03. The van der Waals surface area contributed by atoms with Gasteiger partial charge in [0, 0.05) is 18.6 Å². The first-order chi connectivity index (χ1) is 7.09. The van der Waals surface area contributed by atoms with Gasteiger partial charge in [-0.3, -0.25) is 4.90 Å². The molecule has 2 aliphatic rings. The lowest BCUT2D eigenvalue weighted by atomic mass is 9.84. The molecule has 2 unspecified atom stereocenters. The second-order valence-electron chi connectivity index (χ2n) is 6.26. The van der Waals surface area contributed by atoms with E-state index in [0.29, 0.717) is 5.41 Å². The first-order valence-electron chi connectivity index (χ1n) is 6.55. The molecule has 15 heavy (non-hydrogen) atoms. The maximum absolute atomic E-state index is 3.54. The van der Waals surface area contributed by atoms with Crippen LogP contribution in [0.15, 0.2) is 0 Å². The number of nitrogens with one attached hydrogen (secondary N) is 1. The molecule has 0 aromatic heterocycles. The second kappa shape index (κ2) is 4.42. The van der Waals surface area contributed by atoms with Crippen LogP contribution in [0.3, 0.4) is 0 Å². The van der Waals surface area contributed by atoms with Gasteiger partial charge < -0.3 is 5.32 Å². The predicted molar refractivity (Wildman–Crippen MR) is 65.1 cm³/mol. The van der Waals surface area contributed by atoms with Crippen molar-refractivity contribution in [3.05, 3.63) is 0 Å². The molecule has 2 rings (SSSR count). The number of hydrogen-bond donors (Lipinski definition) is 1. The van der Waals surface area contributed by atoms with E-state index in [1.165, 1.54) is 45.3 Å². The van der Waals surface area contributed by atoms with Crippen molar-refractivity contribution in [3.8, 4) is 0 Å². The molecule has 2 saturated heterocycles. The van der Waals surface area contributed by atoms with Gasteiger partial charge in [-0.25, -0.2) is 0 Å². The summed E-state index contributed by atoms with van der Waals surface area (Å²) < 4.78 is 0. The fraction of sp³-hybridized carbons (Fsp3) is 1.00. The van der Waals surface area contributed by atoms with E-state index in [4.69, 9.17) is 0 Å². The van der Waals surface area contributed by atoms with Crippen molar-refractivity contribution in [2.75, 3.05) is 19.6 Å². The Morgan fingerprint density at radius 1 is 1.13 bits per heavy atom. The molecule has 2 heteroatoms. The van der Waals surface area contributed by atoms with Crippen LogP contribution < -0.4 is 5.32 Å². The zero-order chi connectivity index (χ0) is 10.9. The Morgan fingerprint density at radius 3 is 2.53 bits per heavy atom. The third kappa shape index (κ3) is 2.54. The zero-order valence-corrected chi connectivity index (χ0v) is 10.6. The van der Waals surface area contributed by atoms with E-state index in [1.54, 1.807) is 0 Å². The van der Waals surface area contributed by atoms with Crippen LogP contribution in [0.1, 0.15) is 46.5 Å². The predicted octanol–water partition coefficient (Wildman–Crippen LogP) is 2.25. The summed E-state index contributed by atoms with van der Waals surface area (Å²) in [6.45, 7) is 11.0. The summed E-state index contributed by atoms with van der Waals surface area (Å²) in [5.74, 6) is 0. The van der Waals surface area contributed by atoms with Crippen molar-refractivity contribution in [3.63, 3.8) is 0 Å². The minimum Gasteiger partial charge on any atom is -0.315 e. The van der Waals surface area contributed by atoms with E-state index in [0.717, 1.165) is 12.1 Å². The normalized spacial score (nSPS) is 34.6. The van der Waals surface area contributed by atoms with E-state index in [9.17, 15) is 0 Å². The van der Waals surface area contributed by atoms with E-state index < -0.39 is 0 Å². The zero-order valence-electron chi connectivity index (χ0n) is 10.6. The molecule has 2 aliphatic heterocycles. The van der Waals surface area contributed by atoms with Crippen molar-refractivity contribution < 1.29 is 0 Å². The molecule has 0 spiro atoms. The summed E-state index contributed by atoms with van der Waals surface area (Å²) in [5.41, 5.74) is 0.452. The lowest BCUT2D eigenvalue weighted by Crippen LogP contribution is -2.51. The van der Waals surface area contributed by atoms with Crippen LogP contribution in [0.5, 0.6) is 0 Å². The van der Waals surface area contributed by atoms with Crippen LogP contribution >= 0.6 is 0 Å². The van der Waals surface area contributed by atoms with Crippen molar-refractivity contribution >= 4 is 0 Å². The summed E-state index contributed by atoms with van der Waals surface area (Å²) in [5, 5.41) is 3.54. The number of nitrogens with zero attached hydrogens (tertiary/aromatic N) is 1. The summed E-state index contributed by atoms with van der Waals surface area (Å²) in [6, 6.07) is 1.62. The number of rotatable bonds is 1. The van der Waals surface area contributed by atoms with Gasteiger partial charge in [0.1, 0.15) is 0 Å². The summed E-state index contributed by atoms with van der Waals surface area (Å²) in [4.78, 5) is 2.78. The molecular weight excluding hydrogens is 184 g/mol. The monoisotopic (exact) mass is 210 g/mol. The van der Waals surface area contributed by atoms with Crippen LogP contribution in [0, 0.1) is 5.41 Å². The second-order valence-corrected chi connectivity index (χ2v) is 6.26. The fourth-order valence-electron chi connectivity index (χ4n) is 3.27. The Hall–Kier alpha value is -0.0800. The SMILES string of the molecule is CC(C)(C)C1CCCN1C1CCCNC1. The highest BCUT2D eigenvalue weighted by Crippen LogP contribution is 2.34. The molecular formula is C13H26N2. The molecule has 0 aromatic rings. The van der Waals surface area contributed by atoms with E-state index in [1.807, 2.05) is 0 Å². The molecule has 2 fully saturated rings. The maximum Gasteiger partial charge on any atom is 0.0224 e. The van der Waals surface area contributed by atoms with Crippen LogP contribution in [0.4, 0.5) is 0 Å². The van der Waals surface area contributed by atoms with Gasteiger partial charge in [-0.2, -0.15) is 0 Å². The van der Waals surface area contributed by atoms with E-state index in [2.05, 4.69) is 31.0 Å². The molecule has 2 heterocycles. The molecule has 88 valence electrons. The molecule has 2 atom stereocenters. The standard InChI is InChI=1S/C13H26N2/c1-13(2,3)12-7-5-9-15(12)11-6-4-8-14-10-11/h11-12,14H,4-10H2,1-3H3. The van der Waals surface area contributed by atoms with Gasteiger partial charge in [-0.15, -0.1) is 0 Å². The van der Waals surface area contributed by atoms with Crippen molar-refractivity contribution in [2.45, 2.75) is 58.5 Å². The quantitative estimate of drug-likeness (QED) is 0.714. The van der Waals surface area contributed by atoms with Gasteiger partial charge in [0.05, 0.1) is 0 Å². The van der Waals surface area contributed by atoms with Gasteiger partial charge in [0.15, 0.2) is 0 Å². The smallest absolute Gasteiger partial charge is 0.0224 e. The highest BCUT2D eigenvalue weighted by molar-refractivity contribution is 4.93. The van der Waals surface area contributed by atoms with Crippen LogP contribution in [0.2, 0.25) is 0 Å². The number of hydrogen-bond acceptors (Lipinski definition) is 2. The third-order valence-corrected chi connectivity index (χ3v) is 4.03. The number of likely N-dealkylation sites (tertiary alicyclic amines) is 1. The summed E-state index contributed by atoms with van der Waals surface area (Å²) in [7, 11) is 0. The Morgan fingerprint density at radius 2 is 1.93 bits per heavy atom. The van der Waals surface area contributed by atoms with Gasteiger partial charge in [0.25, 0.3) is 0 Å². The maximum atomic E-state index is 3.54. The average molecular weight is 210 g/mol. The molecule has 0 radical (unpaired) electrons. The minimum absolute atomic E-state index is 0.452. The molecule has 0 bridgehead atoms. The topological polar surface area (TPSA) is 15.3 Å². The van der Waals surface area contributed by atoms with Gasteiger partial charge >= 0.3 is 0 Å². The summed E-state index contributed by atoms with van der Waals surface area (Å²) >= 11 is 0. The van der Waals surface area contributed by atoms with Crippen LogP contribution in [0.25, 0.3) is 0 Å². The largest absolute Gasteiger partial charge is 0.315 e. The minimum atomic E-state index is 0.452. The Kier molecular flexibility index (Phi) is 3.36. The van der Waals surface area contributed by atoms with Gasteiger partial charge in [-0.1, -0.05) is 20.8 Å². The Bertz CT molecular complexity index is 201. The van der Waals surface area contributed by atoms with Crippen LogP contribution in [-0.2, 0) is 0 Å².